The number of hydrogen-bond donors (Lipinski definition) is 1. The lowest BCUT2D eigenvalue weighted by atomic mass is 10.2. The summed E-state index contributed by atoms with van der Waals surface area (Å²) in [4.78, 5) is 0. The van der Waals surface area contributed by atoms with Gasteiger partial charge in [-0.3, -0.25) is 0 Å². The lowest BCUT2D eigenvalue weighted by Crippen LogP contribution is -2.08. The van der Waals surface area contributed by atoms with E-state index in [1.54, 1.807) is 11.8 Å². The molecule has 1 aromatic heterocycles. The third-order valence-electron chi connectivity index (χ3n) is 2.50. The van der Waals surface area contributed by atoms with Crippen molar-refractivity contribution in [3.8, 4) is 0 Å². The Morgan fingerprint density at radius 3 is 2.65 bits per heavy atom. The van der Waals surface area contributed by atoms with Gasteiger partial charge in [-0.05, 0) is 12.5 Å². The molecule has 90 valence electrons. The molecule has 0 spiro atoms. The van der Waals surface area contributed by atoms with Crippen molar-refractivity contribution in [1.82, 2.24) is 14.8 Å². The van der Waals surface area contributed by atoms with E-state index in [9.17, 15) is 0 Å². The van der Waals surface area contributed by atoms with Crippen molar-refractivity contribution < 1.29 is 0 Å². The van der Waals surface area contributed by atoms with Crippen LogP contribution in [0.5, 0.6) is 0 Å². The molecule has 0 aliphatic carbocycles. The Kier molecular flexibility index (Phi) is 4.17. The van der Waals surface area contributed by atoms with Crippen molar-refractivity contribution in [3.05, 3.63) is 41.7 Å². The first kappa shape index (κ1) is 12.1. The maximum absolute atomic E-state index is 5.61. The highest BCUT2D eigenvalue weighted by atomic mass is 32.2. The molecule has 2 N–H and O–H groups in total. The van der Waals surface area contributed by atoms with Gasteiger partial charge in [-0.2, -0.15) is 0 Å². The van der Waals surface area contributed by atoms with Gasteiger partial charge < -0.3 is 10.3 Å². The Hall–Kier alpha value is -1.33. The van der Waals surface area contributed by atoms with Gasteiger partial charge in [0, 0.05) is 12.3 Å². The first-order chi connectivity index (χ1) is 8.35. The predicted octanol–water partition coefficient (Wildman–Crippen LogP) is 2.05. The SMILES string of the molecule is CCn1c(CN)nnc1SCc1ccccc1. The van der Waals surface area contributed by atoms with Crippen LogP contribution in [0.2, 0.25) is 0 Å². The van der Waals surface area contributed by atoms with Crippen LogP contribution in [-0.4, -0.2) is 14.8 Å². The van der Waals surface area contributed by atoms with Crippen LogP contribution in [0, 0.1) is 0 Å². The van der Waals surface area contributed by atoms with E-state index in [4.69, 9.17) is 5.73 Å². The van der Waals surface area contributed by atoms with Gasteiger partial charge in [-0.15, -0.1) is 10.2 Å². The fourth-order valence-electron chi connectivity index (χ4n) is 1.62. The topological polar surface area (TPSA) is 56.7 Å². The molecule has 0 aliphatic rings. The Morgan fingerprint density at radius 1 is 1.24 bits per heavy atom. The van der Waals surface area contributed by atoms with E-state index in [1.807, 2.05) is 18.2 Å². The molecule has 0 fully saturated rings. The summed E-state index contributed by atoms with van der Waals surface area (Å²) >= 11 is 1.69. The minimum atomic E-state index is 0.437. The van der Waals surface area contributed by atoms with Crippen LogP contribution in [0.15, 0.2) is 35.5 Å². The average molecular weight is 248 g/mol. The molecule has 4 nitrogen and oxygen atoms in total. The summed E-state index contributed by atoms with van der Waals surface area (Å²) in [5.41, 5.74) is 6.90. The Labute approximate surface area is 105 Å². The highest BCUT2D eigenvalue weighted by Crippen LogP contribution is 2.21. The molecule has 0 unspecified atom stereocenters. The van der Waals surface area contributed by atoms with Crippen LogP contribution in [0.1, 0.15) is 18.3 Å². The summed E-state index contributed by atoms with van der Waals surface area (Å²) in [5.74, 6) is 1.76. The van der Waals surface area contributed by atoms with E-state index in [0.29, 0.717) is 6.54 Å². The first-order valence-electron chi connectivity index (χ1n) is 5.64. The quantitative estimate of drug-likeness (QED) is 0.823. The third kappa shape index (κ3) is 2.87. The van der Waals surface area contributed by atoms with Crippen molar-refractivity contribution in [3.63, 3.8) is 0 Å². The number of thioether (sulfide) groups is 1. The first-order valence-corrected chi connectivity index (χ1v) is 6.62. The Bertz CT molecular complexity index is 467. The second-order valence-electron chi connectivity index (χ2n) is 3.62. The third-order valence-corrected chi connectivity index (χ3v) is 3.54. The van der Waals surface area contributed by atoms with E-state index >= 15 is 0 Å². The molecule has 0 atom stereocenters. The molecule has 0 bridgehead atoms. The molecule has 2 rings (SSSR count). The summed E-state index contributed by atoms with van der Waals surface area (Å²) in [6, 6.07) is 10.3. The van der Waals surface area contributed by atoms with E-state index in [-0.39, 0.29) is 0 Å². The van der Waals surface area contributed by atoms with Gasteiger partial charge in [0.05, 0.1) is 6.54 Å². The lowest BCUT2D eigenvalue weighted by Gasteiger charge is -2.05. The minimum Gasteiger partial charge on any atom is -0.324 e. The van der Waals surface area contributed by atoms with E-state index in [0.717, 1.165) is 23.3 Å². The molecule has 17 heavy (non-hydrogen) atoms. The fourth-order valence-corrected chi connectivity index (χ4v) is 2.59. The number of aromatic nitrogens is 3. The summed E-state index contributed by atoms with van der Waals surface area (Å²) in [6.45, 7) is 3.37. The van der Waals surface area contributed by atoms with Crippen LogP contribution in [0.3, 0.4) is 0 Å². The van der Waals surface area contributed by atoms with Crippen molar-refractivity contribution in [2.45, 2.75) is 30.9 Å². The molecule has 2 aromatic rings. The zero-order valence-corrected chi connectivity index (χ0v) is 10.7. The molecule has 1 aromatic carbocycles. The number of benzene rings is 1. The fraction of sp³-hybridized carbons (Fsp3) is 0.333. The minimum absolute atomic E-state index is 0.437. The monoisotopic (exact) mass is 248 g/mol. The summed E-state index contributed by atoms with van der Waals surface area (Å²) < 4.78 is 2.06. The molecule has 0 saturated heterocycles. The van der Waals surface area contributed by atoms with E-state index in [1.165, 1.54) is 5.56 Å². The smallest absolute Gasteiger partial charge is 0.191 e. The molecule has 1 heterocycles. The molecular formula is C12H16N4S. The van der Waals surface area contributed by atoms with Gasteiger partial charge in [0.15, 0.2) is 5.16 Å². The number of nitrogens with zero attached hydrogens (tertiary/aromatic N) is 3. The molecule has 0 aliphatic heterocycles. The second kappa shape index (κ2) is 5.84. The summed E-state index contributed by atoms with van der Waals surface area (Å²) in [7, 11) is 0. The largest absolute Gasteiger partial charge is 0.324 e. The van der Waals surface area contributed by atoms with Gasteiger partial charge >= 0.3 is 0 Å². The van der Waals surface area contributed by atoms with E-state index < -0.39 is 0 Å². The van der Waals surface area contributed by atoms with Gasteiger partial charge in [-0.1, -0.05) is 42.1 Å². The van der Waals surface area contributed by atoms with Crippen LogP contribution >= 0.6 is 11.8 Å². The van der Waals surface area contributed by atoms with Crippen LogP contribution in [-0.2, 0) is 18.8 Å². The molecule has 0 radical (unpaired) electrons. The zero-order chi connectivity index (χ0) is 12.1. The predicted molar refractivity (Wildman–Crippen MR) is 69.6 cm³/mol. The molecule has 5 heteroatoms. The maximum atomic E-state index is 5.61. The highest BCUT2D eigenvalue weighted by Gasteiger charge is 2.09. The summed E-state index contributed by atoms with van der Waals surface area (Å²) in [6.07, 6.45) is 0. The number of nitrogens with two attached hydrogens (primary N) is 1. The Balaban J connectivity index is 2.06. The van der Waals surface area contributed by atoms with Crippen molar-refractivity contribution >= 4 is 11.8 Å². The van der Waals surface area contributed by atoms with Gasteiger partial charge in [0.1, 0.15) is 5.82 Å². The van der Waals surface area contributed by atoms with Crippen LogP contribution in [0.25, 0.3) is 0 Å². The van der Waals surface area contributed by atoms with Crippen LogP contribution in [0.4, 0.5) is 0 Å². The van der Waals surface area contributed by atoms with Gasteiger partial charge in [-0.25, -0.2) is 0 Å². The normalized spacial score (nSPS) is 10.7. The summed E-state index contributed by atoms with van der Waals surface area (Å²) in [5, 5.41) is 9.20. The van der Waals surface area contributed by atoms with Crippen molar-refractivity contribution in [1.29, 1.82) is 0 Å². The Morgan fingerprint density at radius 2 is 2.00 bits per heavy atom. The average Bonchev–Trinajstić information content (AvgIpc) is 2.79. The number of rotatable bonds is 5. The lowest BCUT2D eigenvalue weighted by molar-refractivity contribution is 0.643. The van der Waals surface area contributed by atoms with Crippen LogP contribution < -0.4 is 5.73 Å². The van der Waals surface area contributed by atoms with Crippen molar-refractivity contribution in [2.24, 2.45) is 5.73 Å². The second-order valence-corrected chi connectivity index (χ2v) is 4.56. The van der Waals surface area contributed by atoms with Gasteiger partial charge in [0.25, 0.3) is 0 Å². The van der Waals surface area contributed by atoms with Gasteiger partial charge in [0.2, 0.25) is 0 Å². The standard InChI is InChI=1S/C12H16N4S/c1-2-16-11(8-13)14-15-12(16)17-9-10-6-4-3-5-7-10/h3-7H,2,8-9,13H2,1H3. The van der Waals surface area contributed by atoms with Crippen molar-refractivity contribution in [2.75, 3.05) is 0 Å². The van der Waals surface area contributed by atoms with E-state index in [2.05, 4.69) is 33.8 Å². The number of hydrogen-bond acceptors (Lipinski definition) is 4. The zero-order valence-electron chi connectivity index (χ0n) is 9.84. The molecule has 0 saturated carbocycles. The highest BCUT2D eigenvalue weighted by molar-refractivity contribution is 7.98. The maximum Gasteiger partial charge on any atom is 0.191 e. The molecular weight excluding hydrogens is 232 g/mol. The molecule has 0 amide bonds.